The maximum atomic E-state index is 12.5. The molecular weight excluding hydrogens is 330 g/mol. The van der Waals surface area contributed by atoms with Crippen molar-refractivity contribution in [3.8, 4) is 22.9 Å². The molecule has 0 aliphatic carbocycles. The summed E-state index contributed by atoms with van der Waals surface area (Å²) in [7, 11) is 3.06. The minimum Gasteiger partial charge on any atom is -0.507 e. The van der Waals surface area contributed by atoms with Crippen LogP contribution < -0.4 is 15.0 Å². The number of thioether (sulfide) groups is 1. The van der Waals surface area contributed by atoms with E-state index in [1.165, 1.54) is 29.6 Å². The minimum absolute atomic E-state index is 0.161. The summed E-state index contributed by atoms with van der Waals surface area (Å²) in [5.41, 5.74) is 0.385. The number of hydrogen-bond acceptors (Lipinski definition) is 7. The molecule has 2 heterocycles. The molecule has 1 N–H and O–H groups in total. The van der Waals surface area contributed by atoms with E-state index in [1.807, 2.05) is 6.26 Å². The van der Waals surface area contributed by atoms with Gasteiger partial charge >= 0.3 is 0 Å². The first kappa shape index (κ1) is 16.1. The van der Waals surface area contributed by atoms with Gasteiger partial charge in [-0.05, 0) is 18.4 Å². The molecule has 0 saturated carbocycles. The number of hydrogen-bond donors (Lipinski definition) is 1. The molecule has 0 atom stereocenters. The highest BCUT2D eigenvalue weighted by molar-refractivity contribution is 7.98. The summed E-state index contributed by atoms with van der Waals surface area (Å²) in [6, 6.07) is 6.24. The van der Waals surface area contributed by atoms with Crippen LogP contribution in [0.2, 0.25) is 0 Å². The molecular formula is C16H15N3O4S. The molecule has 7 nitrogen and oxygen atoms in total. The smallest absolute Gasteiger partial charge is 0.260 e. The van der Waals surface area contributed by atoms with Gasteiger partial charge in [0.25, 0.3) is 5.56 Å². The van der Waals surface area contributed by atoms with Crippen LogP contribution in [0.1, 0.15) is 0 Å². The van der Waals surface area contributed by atoms with Crippen LogP contribution in [0.25, 0.3) is 16.7 Å². The highest BCUT2D eigenvalue weighted by Gasteiger charge is 2.16. The van der Waals surface area contributed by atoms with Gasteiger partial charge in [0, 0.05) is 18.3 Å². The van der Waals surface area contributed by atoms with Crippen molar-refractivity contribution >= 4 is 22.8 Å². The summed E-state index contributed by atoms with van der Waals surface area (Å²) in [6.07, 6.45) is 3.33. The van der Waals surface area contributed by atoms with Gasteiger partial charge in [-0.2, -0.15) is 0 Å². The molecule has 0 saturated heterocycles. The number of rotatable bonds is 4. The van der Waals surface area contributed by atoms with Crippen molar-refractivity contribution in [2.24, 2.45) is 0 Å². The standard InChI is InChI=1S/C16H15N3O4S/c1-22-9-4-5-11(13(6-9)23-2)19-14(21)7-12(20)10-8-17-16(24-3)18-15(10)19/h4-8,20H,1-3H3. The Morgan fingerprint density at radius 2 is 2.00 bits per heavy atom. The number of ether oxygens (including phenoxy) is 2. The van der Waals surface area contributed by atoms with E-state index in [9.17, 15) is 9.90 Å². The minimum atomic E-state index is -0.422. The molecule has 0 amide bonds. The molecule has 0 aliphatic rings. The SMILES string of the molecule is COc1ccc(-n2c(=O)cc(O)c3cnc(SC)nc32)c(OC)c1. The molecule has 0 unspecified atom stereocenters. The second-order valence-corrected chi connectivity index (χ2v) is 5.61. The first-order chi connectivity index (χ1) is 11.6. The van der Waals surface area contributed by atoms with E-state index >= 15 is 0 Å². The predicted molar refractivity (Wildman–Crippen MR) is 91.7 cm³/mol. The Bertz CT molecular complexity index is 971. The average Bonchev–Trinajstić information content (AvgIpc) is 2.61. The molecule has 3 rings (SSSR count). The van der Waals surface area contributed by atoms with Gasteiger partial charge in [0.2, 0.25) is 0 Å². The Kier molecular flexibility index (Phi) is 4.30. The third-order valence-electron chi connectivity index (χ3n) is 3.53. The second kappa shape index (κ2) is 6.40. The zero-order chi connectivity index (χ0) is 17.3. The maximum absolute atomic E-state index is 12.5. The molecule has 0 bridgehead atoms. The van der Waals surface area contributed by atoms with Crippen LogP contribution >= 0.6 is 11.8 Å². The van der Waals surface area contributed by atoms with E-state index in [0.29, 0.717) is 33.4 Å². The van der Waals surface area contributed by atoms with Crippen molar-refractivity contribution in [3.05, 3.63) is 40.8 Å². The molecule has 0 radical (unpaired) electrons. The Labute approximate surface area is 141 Å². The van der Waals surface area contributed by atoms with E-state index in [2.05, 4.69) is 9.97 Å². The highest BCUT2D eigenvalue weighted by Crippen LogP contribution is 2.30. The predicted octanol–water partition coefficient (Wildman–Crippen LogP) is 2.23. The molecule has 0 spiro atoms. The lowest BCUT2D eigenvalue weighted by atomic mass is 10.2. The third kappa shape index (κ3) is 2.65. The molecule has 8 heteroatoms. The van der Waals surface area contributed by atoms with Crippen molar-refractivity contribution in [2.45, 2.75) is 5.16 Å². The van der Waals surface area contributed by atoms with Crippen molar-refractivity contribution in [1.82, 2.24) is 14.5 Å². The van der Waals surface area contributed by atoms with Gasteiger partial charge in [-0.15, -0.1) is 0 Å². The molecule has 24 heavy (non-hydrogen) atoms. The van der Waals surface area contributed by atoms with Crippen LogP contribution in [0.4, 0.5) is 0 Å². The summed E-state index contributed by atoms with van der Waals surface area (Å²) >= 11 is 1.34. The molecule has 0 aliphatic heterocycles. The number of benzene rings is 1. The normalized spacial score (nSPS) is 10.8. The van der Waals surface area contributed by atoms with Gasteiger partial charge in [0.15, 0.2) is 10.8 Å². The van der Waals surface area contributed by atoms with Crippen LogP contribution in [0, 0.1) is 0 Å². The first-order valence-corrected chi connectivity index (χ1v) is 8.19. The number of fused-ring (bicyclic) bond motifs is 1. The highest BCUT2D eigenvalue weighted by atomic mass is 32.2. The van der Waals surface area contributed by atoms with Gasteiger partial charge in [-0.3, -0.25) is 9.36 Å². The fourth-order valence-corrected chi connectivity index (χ4v) is 2.71. The Hall–Kier alpha value is -2.74. The van der Waals surface area contributed by atoms with Crippen LogP contribution in [-0.2, 0) is 0 Å². The van der Waals surface area contributed by atoms with Crippen molar-refractivity contribution in [3.63, 3.8) is 0 Å². The van der Waals surface area contributed by atoms with Gasteiger partial charge in [0.05, 0.1) is 25.3 Å². The van der Waals surface area contributed by atoms with E-state index in [-0.39, 0.29) is 5.75 Å². The first-order valence-electron chi connectivity index (χ1n) is 6.97. The number of methoxy groups -OCH3 is 2. The largest absolute Gasteiger partial charge is 0.507 e. The zero-order valence-electron chi connectivity index (χ0n) is 13.3. The summed E-state index contributed by atoms with van der Waals surface area (Å²) in [4.78, 5) is 21.0. The quantitative estimate of drug-likeness (QED) is 0.573. The Morgan fingerprint density at radius 1 is 1.21 bits per heavy atom. The fraction of sp³-hybridized carbons (Fsp3) is 0.188. The Balaban J connectivity index is 2.39. The number of aromatic hydroxyl groups is 1. The average molecular weight is 345 g/mol. The van der Waals surface area contributed by atoms with Crippen LogP contribution in [0.5, 0.6) is 17.2 Å². The van der Waals surface area contributed by atoms with Crippen molar-refractivity contribution < 1.29 is 14.6 Å². The molecule has 2 aromatic heterocycles. The van der Waals surface area contributed by atoms with E-state index in [1.54, 1.807) is 25.3 Å². The number of nitrogens with zero attached hydrogens (tertiary/aromatic N) is 3. The van der Waals surface area contributed by atoms with Gasteiger partial charge < -0.3 is 14.6 Å². The fourth-order valence-electron chi connectivity index (χ4n) is 2.37. The van der Waals surface area contributed by atoms with E-state index in [0.717, 1.165) is 6.07 Å². The monoisotopic (exact) mass is 345 g/mol. The zero-order valence-corrected chi connectivity index (χ0v) is 14.1. The lowest BCUT2D eigenvalue weighted by Gasteiger charge is -2.15. The number of aromatic nitrogens is 3. The lowest BCUT2D eigenvalue weighted by Crippen LogP contribution is -2.19. The lowest BCUT2D eigenvalue weighted by molar-refractivity contribution is 0.393. The molecule has 3 aromatic rings. The topological polar surface area (TPSA) is 86.5 Å². The van der Waals surface area contributed by atoms with E-state index < -0.39 is 5.56 Å². The Morgan fingerprint density at radius 3 is 2.67 bits per heavy atom. The second-order valence-electron chi connectivity index (χ2n) is 4.83. The third-order valence-corrected chi connectivity index (χ3v) is 4.09. The summed E-state index contributed by atoms with van der Waals surface area (Å²) in [6.45, 7) is 0. The molecule has 0 fully saturated rings. The van der Waals surface area contributed by atoms with Crippen LogP contribution in [0.3, 0.4) is 0 Å². The van der Waals surface area contributed by atoms with Crippen LogP contribution in [-0.4, -0.2) is 40.1 Å². The van der Waals surface area contributed by atoms with Gasteiger partial charge in [-0.25, -0.2) is 9.97 Å². The molecule has 1 aromatic carbocycles. The van der Waals surface area contributed by atoms with Crippen LogP contribution in [0.15, 0.2) is 40.4 Å². The number of pyridine rings is 1. The summed E-state index contributed by atoms with van der Waals surface area (Å²) in [5.74, 6) is 0.894. The van der Waals surface area contributed by atoms with Gasteiger partial charge in [0.1, 0.15) is 17.2 Å². The van der Waals surface area contributed by atoms with Crippen molar-refractivity contribution in [2.75, 3.05) is 20.5 Å². The summed E-state index contributed by atoms with van der Waals surface area (Å²) in [5, 5.41) is 10.9. The van der Waals surface area contributed by atoms with Gasteiger partial charge in [-0.1, -0.05) is 11.8 Å². The molecule has 124 valence electrons. The maximum Gasteiger partial charge on any atom is 0.260 e. The van der Waals surface area contributed by atoms with Crippen molar-refractivity contribution in [1.29, 1.82) is 0 Å². The van der Waals surface area contributed by atoms with E-state index in [4.69, 9.17) is 9.47 Å². The summed E-state index contributed by atoms with van der Waals surface area (Å²) < 4.78 is 12.0.